The Morgan fingerprint density at radius 2 is 2.00 bits per heavy atom. The zero-order chi connectivity index (χ0) is 19.7. The van der Waals surface area contributed by atoms with Crippen LogP contribution in [-0.4, -0.2) is 51.6 Å². The SMILES string of the molecule is CCCCCn1c2ncn(Br)c2c(=O)n2c(CCC(=O)N3CCCC3)nnc12. The van der Waals surface area contributed by atoms with Gasteiger partial charge in [0, 0.05) is 32.5 Å². The number of carbonyl (C=O) groups excluding carboxylic acids is 1. The number of likely N-dealkylation sites (tertiary alicyclic amines) is 1. The molecule has 10 heteroatoms. The highest BCUT2D eigenvalue weighted by Crippen LogP contribution is 2.17. The van der Waals surface area contributed by atoms with Crippen molar-refractivity contribution < 1.29 is 4.79 Å². The van der Waals surface area contributed by atoms with Gasteiger partial charge in [-0.2, -0.15) is 0 Å². The number of amides is 1. The second-order valence-electron chi connectivity index (χ2n) is 7.23. The van der Waals surface area contributed by atoms with Crippen LogP contribution in [0.15, 0.2) is 11.1 Å². The Kier molecular flexibility index (Phi) is 5.47. The molecule has 0 aliphatic carbocycles. The van der Waals surface area contributed by atoms with Crippen LogP contribution >= 0.6 is 16.1 Å². The lowest BCUT2D eigenvalue weighted by atomic mass is 10.2. The summed E-state index contributed by atoms with van der Waals surface area (Å²) in [4.78, 5) is 31.8. The van der Waals surface area contributed by atoms with Crippen LogP contribution in [0.4, 0.5) is 0 Å². The third-order valence-corrected chi connectivity index (χ3v) is 5.87. The first-order chi connectivity index (χ1) is 13.6. The summed E-state index contributed by atoms with van der Waals surface area (Å²) < 4.78 is 5.04. The fourth-order valence-electron chi connectivity index (χ4n) is 3.83. The summed E-state index contributed by atoms with van der Waals surface area (Å²) in [7, 11) is 0. The van der Waals surface area contributed by atoms with Gasteiger partial charge in [-0.25, -0.2) is 9.38 Å². The van der Waals surface area contributed by atoms with Crippen LogP contribution in [0.3, 0.4) is 0 Å². The molecule has 0 N–H and O–H groups in total. The largest absolute Gasteiger partial charge is 0.343 e. The lowest BCUT2D eigenvalue weighted by molar-refractivity contribution is -0.130. The van der Waals surface area contributed by atoms with Crippen LogP contribution in [-0.2, 0) is 17.8 Å². The molecule has 28 heavy (non-hydrogen) atoms. The van der Waals surface area contributed by atoms with Crippen LogP contribution < -0.4 is 5.56 Å². The predicted molar refractivity (Wildman–Crippen MR) is 109 cm³/mol. The first kappa shape index (κ1) is 19.1. The highest BCUT2D eigenvalue weighted by atomic mass is 79.9. The van der Waals surface area contributed by atoms with E-state index in [1.807, 2.05) is 9.47 Å². The maximum Gasteiger partial charge on any atom is 0.287 e. The molecule has 0 aromatic carbocycles. The van der Waals surface area contributed by atoms with Gasteiger partial charge in [-0.05, 0) is 19.3 Å². The molecule has 0 unspecified atom stereocenters. The lowest BCUT2D eigenvalue weighted by Gasteiger charge is -2.14. The number of nitrogens with zero attached hydrogens (tertiary/aromatic N) is 7. The van der Waals surface area contributed by atoms with E-state index in [-0.39, 0.29) is 11.5 Å². The predicted octanol–water partition coefficient (Wildman–Crippen LogP) is 2.14. The number of aryl methyl sites for hydroxylation is 2. The van der Waals surface area contributed by atoms with Gasteiger partial charge in [0.15, 0.2) is 11.2 Å². The first-order valence-corrected chi connectivity index (χ1v) is 10.6. The average molecular weight is 450 g/mol. The van der Waals surface area contributed by atoms with Crippen molar-refractivity contribution in [2.24, 2.45) is 0 Å². The summed E-state index contributed by atoms with van der Waals surface area (Å²) in [6, 6.07) is 0. The first-order valence-electron chi connectivity index (χ1n) is 9.89. The zero-order valence-corrected chi connectivity index (χ0v) is 17.6. The smallest absolute Gasteiger partial charge is 0.287 e. The second kappa shape index (κ2) is 8.02. The summed E-state index contributed by atoms with van der Waals surface area (Å²) in [5, 5.41) is 8.52. The van der Waals surface area contributed by atoms with Crippen LogP contribution in [0, 0.1) is 0 Å². The summed E-state index contributed by atoms with van der Waals surface area (Å²) in [5.74, 6) is 1.12. The van der Waals surface area contributed by atoms with Crippen molar-refractivity contribution in [1.29, 1.82) is 0 Å². The molecule has 0 saturated carbocycles. The van der Waals surface area contributed by atoms with E-state index in [1.54, 1.807) is 9.92 Å². The summed E-state index contributed by atoms with van der Waals surface area (Å²) in [5.41, 5.74) is 0.827. The van der Waals surface area contributed by atoms with E-state index in [4.69, 9.17) is 0 Å². The van der Waals surface area contributed by atoms with Gasteiger partial charge in [0.25, 0.3) is 5.56 Å². The molecular formula is C18H24BrN7O2. The molecule has 3 aromatic rings. The minimum Gasteiger partial charge on any atom is -0.343 e. The average Bonchev–Trinajstić information content (AvgIpc) is 3.42. The number of hydrogen-bond acceptors (Lipinski definition) is 5. The number of imidazole rings is 1. The third-order valence-electron chi connectivity index (χ3n) is 5.33. The fourth-order valence-corrected chi connectivity index (χ4v) is 4.23. The zero-order valence-electron chi connectivity index (χ0n) is 16.0. The number of unbranched alkanes of at least 4 members (excludes halogenated alkanes) is 2. The highest BCUT2D eigenvalue weighted by molar-refractivity contribution is 9.08. The second-order valence-corrected chi connectivity index (χ2v) is 8.00. The van der Waals surface area contributed by atoms with Gasteiger partial charge in [0.2, 0.25) is 11.7 Å². The van der Waals surface area contributed by atoms with Crippen LogP contribution in [0.25, 0.3) is 16.9 Å². The van der Waals surface area contributed by atoms with E-state index >= 15 is 0 Å². The molecule has 0 atom stereocenters. The molecule has 0 spiro atoms. The topological polar surface area (TPSA) is 90.3 Å². The van der Waals surface area contributed by atoms with Gasteiger partial charge < -0.3 is 4.90 Å². The van der Waals surface area contributed by atoms with Gasteiger partial charge in [-0.15, -0.1) is 10.2 Å². The molecule has 1 amide bonds. The normalized spacial score (nSPS) is 14.6. The molecule has 0 radical (unpaired) electrons. The maximum atomic E-state index is 13.1. The monoisotopic (exact) mass is 449 g/mol. The molecule has 1 aliphatic rings. The molecule has 4 heterocycles. The maximum absolute atomic E-state index is 13.1. The molecule has 1 aliphatic heterocycles. The molecular weight excluding hydrogens is 426 g/mol. The fraction of sp³-hybridized carbons (Fsp3) is 0.611. The number of halogens is 1. The summed E-state index contributed by atoms with van der Waals surface area (Å²) >= 11 is 3.37. The minimum absolute atomic E-state index is 0.115. The Bertz CT molecular complexity index is 1060. The Morgan fingerprint density at radius 1 is 1.21 bits per heavy atom. The van der Waals surface area contributed by atoms with E-state index in [1.165, 1.54) is 4.40 Å². The van der Waals surface area contributed by atoms with Crippen molar-refractivity contribution in [3.8, 4) is 0 Å². The molecule has 3 aromatic heterocycles. The third kappa shape index (κ3) is 3.34. The molecule has 150 valence electrons. The number of aromatic nitrogens is 6. The molecule has 1 fully saturated rings. The van der Waals surface area contributed by atoms with Gasteiger partial charge in [-0.3, -0.25) is 17.7 Å². The van der Waals surface area contributed by atoms with Crippen molar-refractivity contribution in [1.82, 2.24) is 32.6 Å². The van der Waals surface area contributed by atoms with Crippen LogP contribution in [0.5, 0.6) is 0 Å². The standard InChI is InChI=1S/C18H24BrN7O2/c1-2-3-4-11-24-16-15(25(19)12-20-16)17(28)26-13(21-22-18(24)26)7-8-14(27)23-9-5-6-10-23/h12H,2-11H2,1H3. The van der Waals surface area contributed by atoms with Crippen molar-refractivity contribution in [3.05, 3.63) is 22.5 Å². The van der Waals surface area contributed by atoms with E-state index in [0.29, 0.717) is 42.2 Å². The summed E-state index contributed by atoms with van der Waals surface area (Å²) in [6.07, 6.45) is 7.58. The van der Waals surface area contributed by atoms with Gasteiger partial charge in [0.05, 0.1) is 16.1 Å². The van der Waals surface area contributed by atoms with Crippen LogP contribution in [0.1, 0.15) is 51.3 Å². The van der Waals surface area contributed by atoms with Crippen molar-refractivity contribution in [2.75, 3.05) is 13.1 Å². The summed E-state index contributed by atoms with van der Waals surface area (Å²) in [6.45, 7) is 4.51. The minimum atomic E-state index is -0.222. The van der Waals surface area contributed by atoms with E-state index < -0.39 is 0 Å². The highest BCUT2D eigenvalue weighted by Gasteiger charge is 2.22. The lowest BCUT2D eigenvalue weighted by Crippen LogP contribution is -2.28. The Hall–Kier alpha value is -2.23. The number of rotatable bonds is 7. The molecule has 9 nitrogen and oxygen atoms in total. The number of carbonyl (C=O) groups is 1. The number of hydrogen-bond donors (Lipinski definition) is 0. The molecule has 0 bridgehead atoms. The van der Waals surface area contributed by atoms with E-state index in [9.17, 15) is 9.59 Å². The van der Waals surface area contributed by atoms with Gasteiger partial charge in [0.1, 0.15) is 12.2 Å². The van der Waals surface area contributed by atoms with Gasteiger partial charge >= 0.3 is 0 Å². The Morgan fingerprint density at radius 3 is 2.75 bits per heavy atom. The number of fused-ring (bicyclic) bond motifs is 2. The molecule has 1 saturated heterocycles. The van der Waals surface area contributed by atoms with Crippen molar-refractivity contribution >= 4 is 39.0 Å². The van der Waals surface area contributed by atoms with E-state index in [0.717, 1.165) is 45.2 Å². The Balaban J connectivity index is 1.71. The van der Waals surface area contributed by atoms with Crippen molar-refractivity contribution in [2.45, 2.75) is 58.4 Å². The Labute approximate surface area is 170 Å². The van der Waals surface area contributed by atoms with Crippen molar-refractivity contribution in [3.63, 3.8) is 0 Å². The van der Waals surface area contributed by atoms with E-state index in [2.05, 4.69) is 38.3 Å². The van der Waals surface area contributed by atoms with Crippen LogP contribution in [0.2, 0.25) is 0 Å². The quantitative estimate of drug-likeness (QED) is 0.515. The molecule has 4 rings (SSSR count). The van der Waals surface area contributed by atoms with Gasteiger partial charge in [-0.1, -0.05) is 19.8 Å².